The average Bonchev–Trinajstić information content (AvgIpc) is 2.90. The molecule has 1 unspecified atom stereocenters. The van der Waals surface area contributed by atoms with Gasteiger partial charge in [-0.3, -0.25) is 0 Å². The van der Waals surface area contributed by atoms with E-state index in [0.717, 1.165) is 16.4 Å². The maximum Gasteiger partial charge on any atom is 0.416 e. The van der Waals surface area contributed by atoms with Crippen molar-refractivity contribution in [1.29, 1.82) is 0 Å². The van der Waals surface area contributed by atoms with Gasteiger partial charge in [-0.25, -0.2) is 22.2 Å². The van der Waals surface area contributed by atoms with Crippen molar-refractivity contribution in [3.05, 3.63) is 118 Å². The minimum atomic E-state index is -4.62. The number of benzene rings is 3. The molecular weight excluding hydrogens is 539 g/mol. The van der Waals surface area contributed by atoms with Crippen LogP contribution in [0.25, 0.3) is 6.08 Å². The molecule has 0 aromatic heterocycles. The monoisotopic (exact) mass is 560 g/mol. The zero-order valence-electron chi connectivity index (χ0n) is 20.1. The van der Waals surface area contributed by atoms with E-state index in [4.69, 9.17) is 5.73 Å². The summed E-state index contributed by atoms with van der Waals surface area (Å²) in [4.78, 5) is 4.11. The number of aliphatic imine (C=N–C) groups is 1. The molecule has 3 N–H and O–H groups in total. The Morgan fingerprint density at radius 1 is 0.897 bits per heavy atom. The van der Waals surface area contributed by atoms with Crippen LogP contribution in [0.5, 0.6) is 0 Å². The number of rotatable bonds is 4. The van der Waals surface area contributed by atoms with Crippen LogP contribution in [0.1, 0.15) is 22.7 Å². The lowest BCUT2D eigenvalue weighted by Gasteiger charge is -2.37. The van der Waals surface area contributed by atoms with Gasteiger partial charge in [0.25, 0.3) is 0 Å². The van der Waals surface area contributed by atoms with Gasteiger partial charge in [-0.1, -0.05) is 24.3 Å². The van der Waals surface area contributed by atoms with Crippen molar-refractivity contribution >= 4 is 22.1 Å². The second-order valence-corrected chi connectivity index (χ2v) is 10.9. The average molecular weight is 561 g/mol. The van der Waals surface area contributed by atoms with Crippen LogP contribution in [0.3, 0.4) is 0 Å². The molecule has 3 aromatic rings. The molecule has 0 amide bonds. The number of hydrogen-bond donors (Lipinski definition) is 2. The summed E-state index contributed by atoms with van der Waals surface area (Å²) in [6.45, 7) is -0.318. The molecule has 0 aliphatic carbocycles. The quantitative estimate of drug-likeness (QED) is 0.441. The van der Waals surface area contributed by atoms with E-state index in [1.807, 2.05) is 0 Å². The standard InChI is InChI=1S/C27H21F5N4O2S/c28-20-7-1-16(2-8-20)13-18-14-36(39(37,38)22-11-5-19(6-12-22)27(30,31)32)15-23-24(34-26(33)35-25(18)23)17-3-9-21(29)10-4-17/h1-13,24H,14-15H2,(H3,33,34,35)/b18-13+. The van der Waals surface area contributed by atoms with Gasteiger partial charge in [0.05, 0.1) is 10.5 Å². The number of alkyl halides is 3. The predicted octanol–water partition coefficient (Wildman–Crippen LogP) is 4.98. The van der Waals surface area contributed by atoms with Crippen LogP contribution >= 0.6 is 0 Å². The zero-order chi connectivity index (χ0) is 27.9. The first-order valence-electron chi connectivity index (χ1n) is 11.6. The molecule has 2 aliphatic rings. The van der Waals surface area contributed by atoms with Gasteiger partial charge < -0.3 is 11.1 Å². The second-order valence-electron chi connectivity index (χ2n) is 9.01. The van der Waals surface area contributed by atoms with Crippen LogP contribution in [0.15, 0.2) is 99.5 Å². The van der Waals surface area contributed by atoms with Crippen molar-refractivity contribution in [1.82, 2.24) is 9.62 Å². The summed E-state index contributed by atoms with van der Waals surface area (Å²) >= 11 is 0. The number of nitrogens with zero attached hydrogens (tertiary/aromatic N) is 2. The molecule has 0 saturated heterocycles. The molecule has 0 spiro atoms. The van der Waals surface area contributed by atoms with Gasteiger partial charge in [0.1, 0.15) is 17.7 Å². The van der Waals surface area contributed by atoms with Gasteiger partial charge in [0.15, 0.2) is 5.96 Å². The first-order chi connectivity index (χ1) is 18.4. The summed E-state index contributed by atoms with van der Waals surface area (Å²) in [5.41, 5.74) is 7.72. The lowest BCUT2D eigenvalue weighted by molar-refractivity contribution is -0.137. The van der Waals surface area contributed by atoms with Gasteiger partial charge in [0.2, 0.25) is 10.0 Å². The maximum atomic E-state index is 13.6. The largest absolute Gasteiger partial charge is 0.416 e. The Hall–Kier alpha value is -4.03. The Bertz CT molecular complexity index is 1600. The number of nitrogens with two attached hydrogens (primary N) is 1. The van der Waals surface area contributed by atoms with Crippen LogP contribution in [0, 0.1) is 11.6 Å². The Kier molecular flexibility index (Phi) is 6.77. The SMILES string of the molecule is NC1=NC(c2ccc(F)cc2)C2=C(N1)/C(=C/c1ccc(F)cc1)CN(S(=O)(=O)c1ccc(C(F)(F)F)cc1)C2. The molecular formula is C27H21F5N4O2S. The number of nitrogens with one attached hydrogen (secondary N) is 1. The van der Waals surface area contributed by atoms with Crippen LogP contribution in [0.2, 0.25) is 0 Å². The topological polar surface area (TPSA) is 87.8 Å². The molecule has 12 heteroatoms. The van der Waals surface area contributed by atoms with Crippen molar-refractivity contribution in [2.45, 2.75) is 17.1 Å². The predicted molar refractivity (Wildman–Crippen MR) is 136 cm³/mol. The van der Waals surface area contributed by atoms with E-state index in [-0.39, 0.29) is 23.9 Å². The van der Waals surface area contributed by atoms with E-state index in [0.29, 0.717) is 40.1 Å². The zero-order valence-corrected chi connectivity index (χ0v) is 20.9. The third kappa shape index (κ3) is 5.43. The molecule has 0 saturated carbocycles. The fourth-order valence-electron chi connectivity index (χ4n) is 4.50. The molecule has 202 valence electrons. The molecule has 0 bridgehead atoms. The first kappa shape index (κ1) is 26.6. The van der Waals surface area contributed by atoms with Crippen molar-refractivity contribution < 1.29 is 30.4 Å². The van der Waals surface area contributed by atoms with Gasteiger partial charge >= 0.3 is 6.18 Å². The lowest BCUT2D eigenvalue weighted by atomic mass is 9.90. The summed E-state index contributed by atoms with van der Waals surface area (Å²) in [6.07, 6.45) is -2.96. The summed E-state index contributed by atoms with van der Waals surface area (Å²) in [5, 5.41) is 2.99. The molecule has 2 heterocycles. The van der Waals surface area contributed by atoms with E-state index in [9.17, 15) is 30.4 Å². The van der Waals surface area contributed by atoms with Gasteiger partial charge in [-0.05, 0) is 76.9 Å². The van der Waals surface area contributed by atoms with Crippen LogP contribution in [-0.4, -0.2) is 31.8 Å². The minimum Gasteiger partial charge on any atom is -0.370 e. The number of guanidine groups is 1. The third-order valence-corrected chi connectivity index (χ3v) is 8.21. The van der Waals surface area contributed by atoms with Gasteiger partial charge in [0, 0.05) is 18.8 Å². The minimum absolute atomic E-state index is 0.0622. The fraction of sp³-hybridized carbons (Fsp3) is 0.148. The Balaban J connectivity index is 1.61. The van der Waals surface area contributed by atoms with Crippen molar-refractivity contribution in [3.8, 4) is 0 Å². The summed E-state index contributed by atoms with van der Waals surface area (Å²) < 4.78 is 94.7. The van der Waals surface area contributed by atoms with Gasteiger partial charge in [-0.15, -0.1) is 0 Å². The van der Waals surface area contributed by atoms with Crippen molar-refractivity contribution in [3.63, 3.8) is 0 Å². The highest BCUT2D eigenvalue weighted by molar-refractivity contribution is 7.89. The van der Waals surface area contributed by atoms with Crippen molar-refractivity contribution in [2.75, 3.05) is 13.1 Å². The van der Waals surface area contributed by atoms with E-state index in [1.54, 1.807) is 6.08 Å². The molecule has 0 radical (unpaired) electrons. The normalized spacial score (nSPS) is 19.5. The second kappa shape index (κ2) is 9.93. The van der Waals surface area contributed by atoms with E-state index < -0.39 is 39.4 Å². The summed E-state index contributed by atoms with van der Waals surface area (Å²) in [5.74, 6) is -0.853. The molecule has 2 aliphatic heterocycles. The third-order valence-electron chi connectivity index (χ3n) is 6.40. The van der Waals surface area contributed by atoms with E-state index in [1.165, 1.54) is 48.5 Å². The van der Waals surface area contributed by atoms with Gasteiger partial charge in [-0.2, -0.15) is 17.5 Å². The highest BCUT2D eigenvalue weighted by Crippen LogP contribution is 2.38. The van der Waals surface area contributed by atoms with Crippen molar-refractivity contribution in [2.24, 2.45) is 10.7 Å². The number of hydrogen-bond acceptors (Lipinski definition) is 5. The highest BCUT2D eigenvalue weighted by Gasteiger charge is 2.38. The van der Waals surface area contributed by atoms with E-state index >= 15 is 0 Å². The lowest BCUT2D eigenvalue weighted by Crippen LogP contribution is -2.46. The van der Waals surface area contributed by atoms with Crippen LogP contribution in [0.4, 0.5) is 22.0 Å². The van der Waals surface area contributed by atoms with Crippen LogP contribution in [-0.2, 0) is 16.2 Å². The number of sulfonamides is 1. The number of halogens is 5. The molecule has 1 atom stereocenters. The highest BCUT2D eigenvalue weighted by atomic mass is 32.2. The molecule has 0 fully saturated rings. The molecule has 5 rings (SSSR count). The molecule has 3 aromatic carbocycles. The van der Waals surface area contributed by atoms with E-state index in [2.05, 4.69) is 10.3 Å². The fourth-order valence-corrected chi connectivity index (χ4v) is 5.89. The Morgan fingerprint density at radius 2 is 1.49 bits per heavy atom. The smallest absolute Gasteiger partial charge is 0.370 e. The summed E-state index contributed by atoms with van der Waals surface area (Å²) in [6, 6.07) is 13.6. The molecule has 39 heavy (non-hydrogen) atoms. The maximum absolute atomic E-state index is 13.6. The molecule has 6 nitrogen and oxygen atoms in total. The Morgan fingerprint density at radius 3 is 2.08 bits per heavy atom. The van der Waals surface area contributed by atoms with Crippen LogP contribution < -0.4 is 11.1 Å². The first-order valence-corrected chi connectivity index (χ1v) is 13.1. The Labute approximate surface area is 221 Å². The summed E-state index contributed by atoms with van der Waals surface area (Å²) in [7, 11) is -4.27.